The van der Waals surface area contributed by atoms with E-state index >= 15 is 0 Å². The van der Waals surface area contributed by atoms with E-state index < -0.39 is 0 Å². The van der Waals surface area contributed by atoms with Crippen molar-refractivity contribution in [1.82, 2.24) is 9.97 Å². The fourth-order valence-corrected chi connectivity index (χ4v) is 2.95. The number of fused-ring (bicyclic) bond motifs is 2. The summed E-state index contributed by atoms with van der Waals surface area (Å²) < 4.78 is 5.90. The zero-order valence-electron chi connectivity index (χ0n) is 12.6. The van der Waals surface area contributed by atoms with Crippen LogP contribution in [0.3, 0.4) is 0 Å². The van der Waals surface area contributed by atoms with Crippen molar-refractivity contribution in [2.45, 2.75) is 51.7 Å². The number of morpholine rings is 1. The van der Waals surface area contributed by atoms with Crippen molar-refractivity contribution >= 4 is 11.6 Å². The molecule has 0 spiro atoms. The molecule has 0 saturated carbocycles. The maximum atomic E-state index is 5.90. The van der Waals surface area contributed by atoms with Crippen molar-refractivity contribution in [3.63, 3.8) is 0 Å². The molecule has 2 unspecified atom stereocenters. The van der Waals surface area contributed by atoms with Gasteiger partial charge in [-0.25, -0.2) is 9.97 Å². The van der Waals surface area contributed by atoms with E-state index in [2.05, 4.69) is 42.0 Å². The summed E-state index contributed by atoms with van der Waals surface area (Å²) in [5.74, 6) is 3.22. The van der Waals surface area contributed by atoms with Crippen LogP contribution in [0.2, 0.25) is 0 Å². The van der Waals surface area contributed by atoms with Crippen LogP contribution in [0.5, 0.6) is 0 Å². The number of nitrogens with zero attached hydrogens (tertiary/aromatic N) is 3. The van der Waals surface area contributed by atoms with Gasteiger partial charge in [-0.3, -0.25) is 0 Å². The molecule has 1 aromatic rings. The Bertz CT molecular complexity index is 465. The Hall–Kier alpha value is -1.36. The summed E-state index contributed by atoms with van der Waals surface area (Å²) in [4.78, 5) is 11.7. The van der Waals surface area contributed by atoms with Crippen LogP contribution in [0.15, 0.2) is 6.07 Å². The molecule has 0 amide bonds. The predicted octanol–water partition coefficient (Wildman–Crippen LogP) is 2.40. The summed E-state index contributed by atoms with van der Waals surface area (Å²) in [6, 6.07) is 2.07. The lowest BCUT2D eigenvalue weighted by molar-refractivity contribution is 0.0302. The first-order valence-corrected chi connectivity index (χ1v) is 7.69. The largest absolute Gasteiger partial charge is 0.371 e. The molecule has 20 heavy (non-hydrogen) atoms. The molecule has 3 heterocycles. The third-order valence-corrected chi connectivity index (χ3v) is 3.97. The van der Waals surface area contributed by atoms with Crippen LogP contribution in [0.1, 0.15) is 45.4 Å². The highest BCUT2D eigenvalue weighted by atomic mass is 16.5. The Morgan fingerprint density at radius 1 is 1.30 bits per heavy atom. The van der Waals surface area contributed by atoms with Gasteiger partial charge in [-0.1, -0.05) is 13.8 Å². The minimum absolute atomic E-state index is 0.338. The van der Waals surface area contributed by atoms with E-state index in [0.29, 0.717) is 18.1 Å². The highest BCUT2D eigenvalue weighted by Crippen LogP contribution is 2.30. The van der Waals surface area contributed by atoms with E-state index in [1.54, 1.807) is 0 Å². The molecule has 2 aliphatic heterocycles. The molecule has 1 aromatic heterocycles. The van der Waals surface area contributed by atoms with Gasteiger partial charge in [-0.05, 0) is 19.8 Å². The Morgan fingerprint density at radius 3 is 2.60 bits per heavy atom. The second-order valence-electron chi connectivity index (χ2n) is 6.02. The topological polar surface area (TPSA) is 50.3 Å². The van der Waals surface area contributed by atoms with Crippen molar-refractivity contribution in [2.75, 3.05) is 29.9 Å². The van der Waals surface area contributed by atoms with Gasteiger partial charge in [0.05, 0.1) is 12.2 Å². The first kappa shape index (κ1) is 13.6. The molecule has 2 aliphatic rings. The smallest absolute Gasteiger partial charge is 0.135 e. The zero-order chi connectivity index (χ0) is 14.1. The van der Waals surface area contributed by atoms with E-state index in [9.17, 15) is 0 Å². The molecule has 5 nitrogen and oxygen atoms in total. The zero-order valence-corrected chi connectivity index (χ0v) is 12.6. The van der Waals surface area contributed by atoms with Crippen LogP contribution in [-0.4, -0.2) is 41.8 Å². The van der Waals surface area contributed by atoms with Crippen molar-refractivity contribution < 1.29 is 4.74 Å². The number of anilines is 2. The molecule has 110 valence electrons. The lowest BCUT2D eigenvalue weighted by Crippen LogP contribution is -2.43. The summed E-state index contributed by atoms with van der Waals surface area (Å²) in [6.07, 6.45) is 3.13. The molecular formula is C15H24N4O. The molecule has 2 saturated heterocycles. The van der Waals surface area contributed by atoms with Gasteiger partial charge >= 0.3 is 0 Å². The second-order valence-corrected chi connectivity index (χ2v) is 6.02. The SMILES string of the molecule is CCNc1cc(N2CC3CCC(C2)O3)nc(C(C)C)n1. The van der Waals surface area contributed by atoms with Crippen molar-refractivity contribution in [1.29, 1.82) is 0 Å². The van der Waals surface area contributed by atoms with Crippen LogP contribution in [-0.2, 0) is 4.74 Å². The Kier molecular flexibility index (Phi) is 3.78. The Balaban J connectivity index is 1.87. The van der Waals surface area contributed by atoms with Gasteiger partial charge in [0.15, 0.2) is 0 Å². The number of hydrogen-bond acceptors (Lipinski definition) is 5. The number of nitrogens with one attached hydrogen (secondary N) is 1. The Labute approximate surface area is 120 Å². The monoisotopic (exact) mass is 276 g/mol. The summed E-state index contributed by atoms with van der Waals surface area (Å²) in [7, 11) is 0. The molecule has 1 N–H and O–H groups in total. The highest BCUT2D eigenvalue weighted by Gasteiger charge is 2.34. The average molecular weight is 276 g/mol. The highest BCUT2D eigenvalue weighted by molar-refractivity contribution is 5.50. The van der Waals surface area contributed by atoms with E-state index in [-0.39, 0.29) is 0 Å². The van der Waals surface area contributed by atoms with Crippen LogP contribution >= 0.6 is 0 Å². The number of ether oxygens (including phenoxy) is 1. The van der Waals surface area contributed by atoms with Gasteiger partial charge in [0, 0.05) is 31.6 Å². The summed E-state index contributed by atoms with van der Waals surface area (Å²) >= 11 is 0. The molecule has 0 aliphatic carbocycles. The lowest BCUT2D eigenvalue weighted by atomic mass is 10.2. The third-order valence-electron chi connectivity index (χ3n) is 3.97. The van der Waals surface area contributed by atoms with Crippen LogP contribution < -0.4 is 10.2 Å². The number of rotatable bonds is 4. The minimum Gasteiger partial charge on any atom is -0.371 e. The summed E-state index contributed by atoms with van der Waals surface area (Å²) in [5.41, 5.74) is 0. The van der Waals surface area contributed by atoms with Crippen LogP contribution in [0.25, 0.3) is 0 Å². The molecule has 2 atom stereocenters. The Morgan fingerprint density at radius 2 is 2.00 bits per heavy atom. The second kappa shape index (κ2) is 5.56. The predicted molar refractivity (Wildman–Crippen MR) is 80.4 cm³/mol. The molecule has 2 bridgehead atoms. The minimum atomic E-state index is 0.338. The first-order valence-electron chi connectivity index (χ1n) is 7.69. The van der Waals surface area contributed by atoms with E-state index in [1.807, 2.05) is 0 Å². The summed E-state index contributed by atoms with van der Waals surface area (Å²) in [6.45, 7) is 9.15. The molecule has 0 aromatic carbocycles. The maximum Gasteiger partial charge on any atom is 0.135 e. The molecular weight excluding hydrogens is 252 g/mol. The third kappa shape index (κ3) is 2.73. The van der Waals surface area contributed by atoms with E-state index in [4.69, 9.17) is 9.72 Å². The van der Waals surface area contributed by atoms with Gasteiger partial charge < -0.3 is 15.0 Å². The van der Waals surface area contributed by atoms with Crippen molar-refractivity contribution in [3.8, 4) is 0 Å². The number of aromatic nitrogens is 2. The summed E-state index contributed by atoms with van der Waals surface area (Å²) in [5, 5.41) is 3.31. The quantitative estimate of drug-likeness (QED) is 0.915. The molecule has 2 fully saturated rings. The fourth-order valence-electron chi connectivity index (χ4n) is 2.95. The van der Waals surface area contributed by atoms with E-state index in [1.165, 1.54) is 12.8 Å². The first-order chi connectivity index (χ1) is 9.65. The van der Waals surface area contributed by atoms with Crippen molar-refractivity contribution in [3.05, 3.63) is 11.9 Å². The maximum absolute atomic E-state index is 5.90. The van der Waals surface area contributed by atoms with Gasteiger partial charge in [-0.15, -0.1) is 0 Å². The lowest BCUT2D eigenvalue weighted by Gasteiger charge is -2.33. The normalized spacial score (nSPS) is 25.3. The molecule has 5 heteroatoms. The number of hydrogen-bond donors (Lipinski definition) is 1. The average Bonchev–Trinajstić information content (AvgIpc) is 2.77. The molecule has 0 radical (unpaired) electrons. The molecule has 3 rings (SSSR count). The fraction of sp³-hybridized carbons (Fsp3) is 0.733. The van der Waals surface area contributed by atoms with Gasteiger partial charge in [0.2, 0.25) is 0 Å². The van der Waals surface area contributed by atoms with Crippen molar-refractivity contribution in [2.24, 2.45) is 0 Å². The van der Waals surface area contributed by atoms with Crippen LogP contribution in [0.4, 0.5) is 11.6 Å². The van der Waals surface area contributed by atoms with Crippen LogP contribution in [0, 0.1) is 0 Å². The standard InChI is InChI=1S/C15H24N4O/c1-4-16-13-7-14(18-15(17-13)10(2)3)19-8-11-5-6-12(9-19)20-11/h7,10-12H,4-6,8-9H2,1-3H3,(H,16,17,18). The van der Waals surface area contributed by atoms with Gasteiger partial charge in [0.25, 0.3) is 0 Å². The van der Waals surface area contributed by atoms with E-state index in [0.717, 1.165) is 37.1 Å². The van der Waals surface area contributed by atoms with Gasteiger partial charge in [-0.2, -0.15) is 0 Å². The van der Waals surface area contributed by atoms with Gasteiger partial charge in [0.1, 0.15) is 17.5 Å².